The Morgan fingerprint density at radius 1 is 1.46 bits per heavy atom. The van der Waals surface area contributed by atoms with Gasteiger partial charge in [-0.2, -0.15) is 0 Å². The molecule has 1 aromatic rings. The quantitative estimate of drug-likeness (QED) is 0.659. The van der Waals surface area contributed by atoms with Crippen molar-refractivity contribution in [2.75, 3.05) is 20.3 Å². The van der Waals surface area contributed by atoms with E-state index < -0.39 is 0 Å². The Kier molecular flexibility index (Phi) is 4.29. The molecule has 2 N–H and O–H groups in total. The second-order valence-corrected chi connectivity index (χ2v) is 2.75. The van der Waals surface area contributed by atoms with Gasteiger partial charge in [0.1, 0.15) is 5.75 Å². The summed E-state index contributed by atoms with van der Waals surface area (Å²) < 4.78 is 5.08. The van der Waals surface area contributed by atoms with Gasteiger partial charge in [0, 0.05) is 13.1 Å². The zero-order valence-electron chi connectivity index (χ0n) is 7.79. The molecule has 0 heterocycles. The molecule has 0 spiro atoms. The highest BCUT2D eigenvalue weighted by Crippen LogP contribution is 2.11. The van der Waals surface area contributed by atoms with Crippen LogP contribution in [0.3, 0.4) is 0 Å². The number of rotatable bonds is 5. The molecule has 72 valence electrons. The minimum atomic E-state index is 0.171. The Labute approximate surface area is 78.3 Å². The molecular formula is C10H15NO2. The summed E-state index contributed by atoms with van der Waals surface area (Å²) in [4.78, 5) is 0. The molecule has 0 fully saturated rings. The predicted molar refractivity (Wildman–Crippen MR) is 51.8 cm³/mol. The highest BCUT2D eigenvalue weighted by atomic mass is 16.5. The molecule has 1 rings (SSSR count). The van der Waals surface area contributed by atoms with E-state index in [1.807, 2.05) is 24.3 Å². The van der Waals surface area contributed by atoms with Gasteiger partial charge in [0.05, 0.1) is 13.7 Å². The summed E-state index contributed by atoms with van der Waals surface area (Å²) in [6, 6.07) is 7.86. The van der Waals surface area contributed by atoms with Gasteiger partial charge >= 0.3 is 0 Å². The third-order valence-corrected chi connectivity index (χ3v) is 1.75. The molecule has 0 aliphatic carbocycles. The van der Waals surface area contributed by atoms with Gasteiger partial charge in [0.25, 0.3) is 0 Å². The first-order chi connectivity index (χ1) is 6.36. The summed E-state index contributed by atoms with van der Waals surface area (Å²) >= 11 is 0. The lowest BCUT2D eigenvalue weighted by Crippen LogP contribution is -2.17. The average molecular weight is 181 g/mol. The van der Waals surface area contributed by atoms with Gasteiger partial charge in [-0.1, -0.05) is 12.1 Å². The summed E-state index contributed by atoms with van der Waals surface area (Å²) in [6.07, 6.45) is 0. The topological polar surface area (TPSA) is 41.5 Å². The van der Waals surface area contributed by atoms with Crippen LogP contribution in [-0.2, 0) is 6.54 Å². The van der Waals surface area contributed by atoms with Crippen LogP contribution in [0.2, 0.25) is 0 Å². The zero-order valence-corrected chi connectivity index (χ0v) is 7.79. The smallest absolute Gasteiger partial charge is 0.119 e. The maximum absolute atomic E-state index is 8.56. The van der Waals surface area contributed by atoms with Crippen LogP contribution < -0.4 is 10.1 Å². The number of aliphatic hydroxyl groups excluding tert-OH is 1. The number of methoxy groups -OCH3 is 1. The minimum Gasteiger partial charge on any atom is -0.497 e. The maximum Gasteiger partial charge on any atom is 0.119 e. The molecule has 3 nitrogen and oxygen atoms in total. The van der Waals surface area contributed by atoms with Crippen LogP contribution in [0.5, 0.6) is 5.75 Å². The summed E-state index contributed by atoms with van der Waals surface area (Å²) in [6.45, 7) is 1.55. The van der Waals surface area contributed by atoms with Crippen LogP contribution in [0, 0.1) is 0 Å². The monoisotopic (exact) mass is 181 g/mol. The lowest BCUT2D eigenvalue weighted by Gasteiger charge is -2.04. The molecule has 0 amide bonds. The maximum atomic E-state index is 8.56. The molecule has 0 saturated carbocycles. The zero-order chi connectivity index (χ0) is 9.52. The Hall–Kier alpha value is -1.06. The number of benzene rings is 1. The van der Waals surface area contributed by atoms with Crippen molar-refractivity contribution in [3.05, 3.63) is 29.8 Å². The summed E-state index contributed by atoms with van der Waals surface area (Å²) in [5, 5.41) is 11.7. The van der Waals surface area contributed by atoms with E-state index in [0.717, 1.165) is 17.9 Å². The van der Waals surface area contributed by atoms with E-state index in [2.05, 4.69) is 5.32 Å². The number of hydrogen-bond acceptors (Lipinski definition) is 3. The van der Waals surface area contributed by atoms with Crippen LogP contribution in [0.4, 0.5) is 0 Å². The van der Waals surface area contributed by atoms with E-state index in [9.17, 15) is 0 Å². The first-order valence-corrected chi connectivity index (χ1v) is 4.31. The van der Waals surface area contributed by atoms with Gasteiger partial charge in [-0.3, -0.25) is 0 Å². The molecule has 0 aromatic heterocycles. The fraction of sp³-hybridized carbons (Fsp3) is 0.400. The van der Waals surface area contributed by atoms with Crippen LogP contribution >= 0.6 is 0 Å². The van der Waals surface area contributed by atoms with Crippen molar-refractivity contribution in [1.29, 1.82) is 0 Å². The second kappa shape index (κ2) is 5.56. The lowest BCUT2D eigenvalue weighted by molar-refractivity contribution is 0.292. The third kappa shape index (κ3) is 3.44. The molecule has 0 atom stereocenters. The fourth-order valence-corrected chi connectivity index (χ4v) is 1.09. The molecule has 0 saturated heterocycles. The largest absolute Gasteiger partial charge is 0.497 e. The first-order valence-electron chi connectivity index (χ1n) is 4.31. The summed E-state index contributed by atoms with van der Waals surface area (Å²) in [7, 11) is 1.65. The standard InChI is InChI=1S/C10H15NO2/c1-13-10-4-2-3-9(7-10)8-11-5-6-12/h2-4,7,11-12H,5-6,8H2,1H3. The van der Waals surface area contributed by atoms with Gasteiger partial charge in [0.15, 0.2) is 0 Å². The SMILES string of the molecule is COc1cccc(CNCCO)c1. The van der Waals surface area contributed by atoms with Crippen molar-refractivity contribution >= 4 is 0 Å². The Morgan fingerprint density at radius 2 is 2.31 bits per heavy atom. The molecule has 1 aromatic carbocycles. The Bertz CT molecular complexity index is 250. The molecule has 0 unspecified atom stereocenters. The molecule has 3 heteroatoms. The molecular weight excluding hydrogens is 166 g/mol. The van der Waals surface area contributed by atoms with Crippen LogP contribution in [0.15, 0.2) is 24.3 Å². The molecule has 0 aliphatic rings. The van der Waals surface area contributed by atoms with E-state index in [1.165, 1.54) is 0 Å². The van der Waals surface area contributed by atoms with Gasteiger partial charge in [-0.05, 0) is 17.7 Å². The van der Waals surface area contributed by atoms with Crippen molar-refractivity contribution in [1.82, 2.24) is 5.32 Å². The molecule has 0 aliphatic heterocycles. The van der Waals surface area contributed by atoms with Crippen molar-refractivity contribution in [2.24, 2.45) is 0 Å². The second-order valence-electron chi connectivity index (χ2n) is 2.75. The van der Waals surface area contributed by atoms with Gasteiger partial charge < -0.3 is 15.2 Å². The van der Waals surface area contributed by atoms with E-state index in [1.54, 1.807) is 7.11 Å². The van der Waals surface area contributed by atoms with E-state index in [4.69, 9.17) is 9.84 Å². The van der Waals surface area contributed by atoms with E-state index in [0.29, 0.717) is 6.54 Å². The highest BCUT2D eigenvalue weighted by molar-refractivity contribution is 5.28. The van der Waals surface area contributed by atoms with Crippen LogP contribution in [0.1, 0.15) is 5.56 Å². The Morgan fingerprint density at radius 3 is 3.00 bits per heavy atom. The predicted octanol–water partition coefficient (Wildman–Crippen LogP) is 0.777. The minimum absolute atomic E-state index is 0.171. The number of nitrogens with one attached hydrogen (secondary N) is 1. The Balaban J connectivity index is 2.46. The van der Waals surface area contributed by atoms with Crippen LogP contribution in [0.25, 0.3) is 0 Å². The van der Waals surface area contributed by atoms with E-state index >= 15 is 0 Å². The van der Waals surface area contributed by atoms with Crippen molar-refractivity contribution in [2.45, 2.75) is 6.54 Å². The van der Waals surface area contributed by atoms with Crippen LogP contribution in [-0.4, -0.2) is 25.4 Å². The summed E-state index contributed by atoms with van der Waals surface area (Å²) in [5.41, 5.74) is 1.16. The molecule has 0 radical (unpaired) electrons. The highest BCUT2D eigenvalue weighted by Gasteiger charge is 1.94. The fourth-order valence-electron chi connectivity index (χ4n) is 1.09. The van der Waals surface area contributed by atoms with Gasteiger partial charge in [-0.15, -0.1) is 0 Å². The molecule has 0 bridgehead atoms. The number of aliphatic hydroxyl groups is 1. The summed E-state index contributed by atoms with van der Waals surface area (Å²) in [5.74, 6) is 0.864. The van der Waals surface area contributed by atoms with Crippen molar-refractivity contribution in [3.63, 3.8) is 0 Å². The average Bonchev–Trinajstić information content (AvgIpc) is 2.19. The number of hydrogen-bond donors (Lipinski definition) is 2. The normalized spacial score (nSPS) is 10.0. The van der Waals surface area contributed by atoms with Crippen molar-refractivity contribution in [3.8, 4) is 5.75 Å². The van der Waals surface area contributed by atoms with Gasteiger partial charge in [0.2, 0.25) is 0 Å². The third-order valence-electron chi connectivity index (χ3n) is 1.75. The molecule has 13 heavy (non-hydrogen) atoms. The van der Waals surface area contributed by atoms with Gasteiger partial charge in [-0.25, -0.2) is 0 Å². The van der Waals surface area contributed by atoms with E-state index in [-0.39, 0.29) is 6.61 Å². The van der Waals surface area contributed by atoms with Crippen molar-refractivity contribution < 1.29 is 9.84 Å². The number of ether oxygens (including phenoxy) is 1. The lowest BCUT2D eigenvalue weighted by atomic mass is 10.2. The first kappa shape index (κ1) is 10.0.